The van der Waals surface area contributed by atoms with Gasteiger partial charge in [-0.05, 0) is 31.7 Å². The van der Waals surface area contributed by atoms with E-state index in [1.54, 1.807) is 10.9 Å². The summed E-state index contributed by atoms with van der Waals surface area (Å²) >= 11 is 0. The van der Waals surface area contributed by atoms with Gasteiger partial charge in [-0.2, -0.15) is 10.1 Å². The summed E-state index contributed by atoms with van der Waals surface area (Å²) in [5.74, 6) is 3.85. The van der Waals surface area contributed by atoms with Gasteiger partial charge in [-0.25, -0.2) is 14.6 Å². The maximum atomic E-state index is 6.33. The van der Waals surface area contributed by atoms with E-state index in [1.807, 2.05) is 12.3 Å². The van der Waals surface area contributed by atoms with Crippen molar-refractivity contribution in [1.82, 2.24) is 29.9 Å². The summed E-state index contributed by atoms with van der Waals surface area (Å²) in [5, 5.41) is 8.41. The van der Waals surface area contributed by atoms with Crippen LogP contribution in [0.4, 0.5) is 11.5 Å². The fourth-order valence-electron chi connectivity index (χ4n) is 3.46. The summed E-state index contributed by atoms with van der Waals surface area (Å²) in [6.07, 6.45) is 9.30. The van der Waals surface area contributed by atoms with E-state index in [0.717, 1.165) is 43.5 Å². The molecule has 0 spiro atoms. The topological polar surface area (TPSA) is 112 Å². The van der Waals surface area contributed by atoms with Crippen molar-refractivity contribution in [2.24, 2.45) is 0 Å². The first-order valence-corrected chi connectivity index (χ1v) is 8.98. The number of piperidine rings is 1. The molecule has 134 valence electrons. The number of rotatable bonds is 4. The molecule has 0 unspecified atom stereocenters. The van der Waals surface area contributed by atoms with Gasteiger partial charge in [0.2, 0.25) is 5.89 Å². The highest BCUT2D eigenvalue weighted by molar-refractivity contribution is 5.70. The van der Waals surface area contributed by atoms with Gasteiger partial charge in [-0.1, -0.05) is 5.16 Å². The van der Waals surface area contributed by atoms with E-state index in [2.05, 4.69) is 30.1 Å². The molecular weight excluding hydrogens is 332 g/mol. The molecule has 0 bridgehead atoms. The normalized spacial score (nSPS) is 18.4. The lowest BCUT2D eigenvalue weighted by atomic mass is 9.96. The Bertz CT molecular complexity index is 893. The Kier molecular flexibility index (Phi) is 3.58. The highest BCUT2D eigenvalue weighted by Crippen LogP contribution is 2.40. The molecule has 0 aromatic carbocycles. The molecule has 9 nitrogen and oxygen atoms in total. The third-order valence-electron chi connectivity index (χ3n) is 5.11. The van der Waals surface area contributed by atoms with Crippen molar-refractivity contribution in [1.29, 1.82) is 0 Å². The first kappa shape index (κ1) is 15.3. The number of nitrogens with two attached hydrogens (primary N) is 1. The SMILES string of the molecule is Nc1c(N2CCC(c3noc(C4CC4)n3)CC2)ncnc1-n1cccn1. The summed E-state index contributed by atoms with van der Waals surface area (Å²) < 4.78 is 7.06. The van der Waals surface area contributed by atoms with Gasteiger partial charge in [0.15, 0.2) is 17.5 Å². The molecule has 5 rings (SSSR count). The van der Waals surface area contributed by atoms with Crippen molar-refractivity contribution in [2.75, 3.05) is 23.7 Å². The van der Waals surface area contributed by atoms with Crippen LogP contribution in [0.5, 0.6) is 0 Å². The van der Waals surface area contributed by atoms with Gasteiger partial charge >= 0.3 is 0 Å². The van der Waals surface area contributed by atoms with Crippen LogP contribution in [0.25, 0.3) is 5.82 Å². The van der Waals surface area contributed by atoms with Gasteiger partial charge in [0.25, 0.3) is 0 Å². The molecule has 2 N–H and O–H groups in total. The zero-order valence-corrected chi connectivity index (χ0v) is 14.3. The van der Waals surface area contributed by atoms with Crippen LogP contribution in [0.2, 0.25) is 0 Å². The third kappa shape index (κ3) is 2.69. The van der Waals surface area contributed by atoms with Crippen molar-refractivity contribution in [3.63, 3.8) is 0 Å². The molecule has 1 saturated heterocycles. The van der Waals surface area contributed by atoms with Crippen LogP contribution < -0.4 is 10.6 Å². The van der Waals surface area contributed by atoms with E-state index >= 15 is 0 Å². The van der Waals surface area contributed by atoms with Gasteiger partial charge in [-0.15, -0.1) is 0 Å². The van der Waals surface area contributed by atoms with Gasteiger partial charge in [0.05, 0.1) is 0 Å². The number of nitrogens with zero attached hydrogens (tertiary/aromatic N) is 7. The number of aromatic nitrogens is 6. The van der Waals surface area contributed by atoms with Crippen molar-refractivity contribution >= 4 is 11.5 Å². The number of hydrogen-bond acceptors (Lipinski definition) is 8. The van der Waals surface area contributed by atoms with Crippen molar-refractivity contribution in [3.8, 4) is 5.82 Å². The standard InChI is InChI=1S/C17H20N8O/c18-13-15(19-10-20-16(13)25-7-1-6-21-25)24-8-4-11(5-9-24)14-22-17(26-23-14)12-2-3-12/h1,6-7,10-12H,2-5,8-9,18H2. The molecule has 4 heterocycles. The average molecular weight is 352 g/mol. The quantitative estimate of drug-likeness (QED) is 0.757. The average Bonchev–Trinajstić information content (AvgIpc) is 3.18. The number of hydrogen-bond donors (Lipinski definition) is 1. The second-order valence-electron chi connectivity index (χ2n) is 6.91. The van der Waals surface area contributed by atoms with Gasteiger partial charge in [0.1, 0.15) is 12.0 Å². The molecule has 0 atom stereocenters. The Labute approximate surface area is 150 Å². The lowest BCUT2D eigenvalue weighted by Crippen LogP contribution is -2.34. The fraction of sp³-hybridized carbons (Fsp3) is 0.471. The monoisotopic (exact) mass is 352 g/mol. The molecule has 1 aliphatic heterocycles. The second kappa shape index (κ2) is 6.08. The van der Waals surface area contributed by atoms with E-state index < -0.39 is 0 Å². The molecule has 2 fully saturated rings. The highest BCUT2D eigenvalue weighted by atomic mass is 16.5. The lowest BCUT2D eigenvalue weighted by Gasteiger charge is -2.32. The first-order valence-electron chi connectivity index (χ1n) is 8.98. The number of nitrogen functional groups attached to an aromatic ring is 1. The maximum Gasteiger partial charge on any atom is 0.229 e. The molecular formula is C17H20N8O. The van der Waals surface area contributed by atoms with Crippen LogP contribution in [0.1, 0.15) is 49.2 Å². The van der Waals surface area contributed by atoms with E-state index in [4.69, 9.17) is 10.3 Å². The third-order valence-corrected chi connectivity index (χ3v) is 5.11. The minimum absolute atomic E-state index is 0.330. The number of anilines is 2. The van der Waals surface area contributed by atoms with Crippen LogP contribution in [-0.4, -0.2) is 43.0 Å². The summed E-state index contributed by atoms with van der Waals surface area (Å²) in [7, 11) is 0. The second-order valence-corrected chi connectivity index (χ2v) is 6.91. The molecule has 26 heavy (non-hydrogen) atoms. The Hall–Kier alpha value is -2.97. The Morgan fingerprint density at radius 1 is 1.04 bits per heavy atom. The minimum Gasteiger partial charge on any atom is -0.393 e. The van der Waals surface area contributed by atoms with Crippen LogP contribution >= 0.6 is 0 Å². The van der Waals surface area contributed by atoms with E-state index in [9.17, 15) is 0 Å². The van der Waals surface area contributed by atoms with Gasteiger partial charge < -0.3 is 15.2 Å². The molecule has 3 aromatic rings. The Morgan fingerprint density at radius 3 is 2.58 bits per heavy atom. The smallest absolute Gasteiger partial charge is 0.229 e. The summed E-state index contributed by atoms with van der Waals surface area (Å²) in [5.41, 5.74) is 6.87. The molecule has 1 saturated carbocycles. The van der Waals surface area contributed by atoms with E-state index in [1.165, 1.54) is 19.2 Å². The van der Waals surface area contributed by atoms with Crippen molar-refractivity contribution in [3.05, 3.63) is 36.5 Å². The Balaban J connectivity index is 1.31. The molecule has 2 aliphatic rings. The van der Waals surface area contributed by atoms with Crippen LogP contribution in [0.3, 0.4) is 0 Å². The molecule has 9 heteroatoms. The van der Waals surface area contributed by atoms with Crippen LogP contribution in [0.15, 0.2) is 29.3 Å². The summed E-state index contributed by atoms with van der Waals surface area (Å²) in [4.78, 5) is 15.5. The van der Waals surface area contributed by atoms with Crippen molar-refractivity contribution in [2.45, 2.75) is 37.5 Å². The van der Waals surface area contributed by atoms with Crippen LogP contribution in [0, 0.1) is 0 Å². The summed E-state index contributed by atoms with van der Waals surface area (Å²) in [6, 6.07) is 1.84. The van der Waals surface area contributed by atoms with Crippen molar-refractivity contribution < 1.29 is 4.52 Å². The molecule has 0 amide bonds. The minimum atomic E-state index is 0.330. The summed E-state index contributed by atoms with van der Waals surface area (Å²) in [6.45, 7) is 1.69. The molecule has 0 radical (unpaired) electrons. The predicted molar refractivity (Wildman–Crippen MR) is 94.0 cm³/mol. The van der Waals surface area contributed by atoms with Gasteiger partial charge in [0, 0.05) is 37.3 Å². The molecule has 1 aliphatic carbocycles. The zero-order chi connectivity index (χ0) is 17.5. The fourth-order valence-corrected chi connectivity index (χ4v) is 3.46. The zero-order valence-electron chi connectivity index (χ0n) is 14.3. The lowest BCUT2D eigenvalue weighted by molar-refractivity contribution is 0.364. The predicted octanol–water partition coefficient (Wildman–Crippen LogP) is 1.89. The first-order chi connectivity index (χ1) is 12.8. The van der Waals surface area contributed by atoms with E-state index in [0.29, 0.717) is 23.3 Å². The maximum absolute atomic E-state index is 6.33. The van der Waals surface area contributed by atoms with E-state index in [-0.39, 0.29) is 0 Å². The van der Waals surface area contributed by atoms with Gasteiger partial charge in [-0.3, -0.25) is 0 Å². The van der Waals surface area contributed by atoms with Crippen LogP contribution in [-0.2, 0) is 0 Å². The molecule has 3 aromatic heterocycles. The Morgan fingerprint density at radius 2 is 1.85 bits per heavy atom. The largest absolute Gasteiger partial charge is 0.393 e. The highest BCUT2D eigenvalue weighted by Gasteiger charge is 2.32.